The summed E-state index contributed by atoms with van der Waals surface area (Å²) in [6, 6.07) is 17.7. The number of nitrogens with zero attached hydrogens (tertiary/aromatic N) is 3. The SMILES string of the molecule is C=CCn1c(SCC(=O)NCc2ccccc2)nnc1-c1ccc(OCC(C)C)cc1. The second-order valence-electron chi connectivity index (χ2n) is 7.49. The number of nitrogens with one attached hydrogen (secondary N) is 1. The van der Waals surface area contributed by atoms with Crippen LogP contribution in [0.25, 0.3) is 11.4 Å². The van der Waals surface area contributed by atoms with Gasteiger partial charge in [-0.05, 0) is 35.7 Å². The van der Waals surface area contributed by atoms with Crippen molar-refractivity contribution in [1.82, 2.24) is 20.1 Å². The second kappa shape index (κ2) is 11.4. The summed E-state index contributed by atoms with van der Waals surface area (Å²) in [6.45, 7) is 9.82. The van der Waals surface area contributed by atoms with Gasteiger partial charge in [-0.2, -0.15) is 0 Å². The first-order valence-electron chi connectivity index (χ1n) is 10.3. The minimum Gasteiger partial charge on any atom is -0.493 e. The lowest BCUT2D eigenvalue weighted by molar-refractivity contribution is -0.118. The Morgan fingerprint density at radius 2 is 1.90 bits per heavy atom. The first-order valence-corrected chi connectivity index (χ1v) is 11.3. The predicted molar refractivity (Wildman–Crippen MR) is 125 cm³/mol. The van der Waals surface area contributed by atoms with Crippen molar-refractivity contribution in [3.8, 4) is 17.1 Å². The van der Waals surface area contributed by atoms with Crippen LogP contribution in [-0.2, 0) is 17.9 Å². The van der Waals surface area contributed by atoms with Gasteiger partial charge in [-0.15, -0.1) is 16.8 Å². The van der Waals surface area contributed by atoms with E-state index in [1.807, 2.05) is 59.2 Å². The summed E-state index contributed by atoms with van der Waals surface area (Å²) in [6.07, 6.45) is 1.80. The number of amides is 1. The van der Waals surface area contributed by atoms with Crippen LogP contribution in [0.1, 0.15) is 19.4 Å². The minimum absolute atomic E-state index is 0.0461. The number of rotatable bonds is 11. The van der Waals surface area contributed by atoms with E-state index in [0.29, 0.717) is 30.8 Å². The molecule has 0 saturated carbocycles. The number of benzene rings is 2. The fraction of sp³-hybridized carbons (Fsp3) is 0.292. The molecule has 1 aromatic heterocycles. The van der Waals surface area contributed by atoms with Gasteiger partial charge < -0.3 is 10.1 Å². The predicted octanol–water partition coefficient (Wildman–Crippen LogP) is 4.57. The normalized spacial score (nSPS) is 10.8. The molecular formula is C24H28N4O2S. The molecule has 0 bridgehead atoms. The van der Waals surface area contributed by atoms with Gasteiger partial charge in [-0.3, -0.25) is 9.36 Å². The fourth-order valence-electron chi connectivity index (χ4n) is 2.84. The van der Waals surface area contributed by atoms with Crippen molar-refractivity contribution in [3.63, 3.8) is 0 Å². The number of aromatic nitrogens is 3. The first kappa shape index (κ1) is 22.6. The molecule has 0 fully saturated rings. The van der Waals surface area contributed by atoms with E-state index in [2.05, 4.69) is 35.9 Å². The van der Waals surface area contributed by atoms with Crippen LogP contribution in [0, 0.1) is 5.92 Å². The van der Waals surface area contributed by atoms with Crippen LogP contribution in [0.2, 0.25) is 0 Å². The van der Waals surface area contributed by atoms with Crippen molar-refractivity contribution >= 4 is 17.7 Å². The molecule has 3 rings (SSSR count). The quantitative estimate of drug-likeness (QED) is 0.352. The lowest BCUT2D eigenvalue weighted by atomic mass is 10.2. The van der Waals surface area contributed by atoms with Crippen molar-refractivity contribution in [2.24, 2.45) is 5.92 Å². The Labute approximate surface area is 187 Å². The van der Waals surface area contributed by atoms with Crippen LogP contribution in [0.15, 0.2) is 72.4 Å². The van der Waals surface area contributed by atoms with Gasteiger partial charge in [0, 0.05) is 18.7 Å². The molecule has 1 amide bonds. The average molecular weight is 437 g/mol. The molecule has 0 radical (unpaired) electrons. The molecule has 0 aliphatic rings. The van der Waals surface area contributed by atoms with E-state index in [1.165, 1.54) is 11.8 Å². The van der Waals surface area contributed by atoms with Crippen LogP contribution in [0.4, 0.5) is 0 Å². The lowest BCUT2D eigenvalue weighted by Crippen LogP contribution is -2.24. The molecule has 0 unspecified atom stereocenters. The van der Waals surface area contributed by atoms with E-state index in [-0.39, 0.29) is 11.7 Å². The lowest BCUT2D eigenvalue weighted by Gasteiger charge is -2.10. The first-order chi connectivity index (χ1) is 15.1. The summed E-state index contributed by atoms with van der Waals surface area (Å²) in [5, 5.41) is 12.3. The molecule has 7 heteroatoms. The van der Waals surface area contributed by atoms with Crippen LogP contribution in [0.5, 0.6) is 5.75 Å². The van der Waals surface area contributed by atoms with Crippen LogP contribution in [0.3, 0.4) is 0 Å². The Morgan fingerprint density at radius 3 is 2.58 bits per heavy atom. The molecule has 1 heterocycles. The topological polar surface area (TPSA) is 69.0 Å². The molecule has 3 aromatic rings. The zero-order valence-electron chi connectivity index (χ0n) is 18.0. The minimum atomic E-state index is -0.0461. The van der Waals surface area contributed by atoms with Crippen LogP contribution in [-0.4, -0.2) is 33.0 Å². The molecule has 0 aliphatic heterocycles. The highest BCUT2D eigenvalue weighted by Crippen LogP contribution is 2.26. The fourth-order valence-corrected chi connectivity index (χ4v) is 3.62. The smallest absolute Gasteiger partial charge is 0.230 e. The van der Waals surface area contributed by atoms with Gasteiger partial charge in [0.2, 0.25) is 5.91 Å². The number of carbonyl (C=O) groups excluding carboxylic acids is 1. The van der Waals surface area contributed by atoms with Gasteiger partial charge in [0.1, 0.15) is 5.75 Å². The molecule has 31 heavy (non-hydrogen) atoms. The van der Waals surface area contributed by atoms with E-state index in [9.17, 15) is 4.79 Å². The highest BCUT2D eigenvalue weighted by atomic mass is 32.2. The third-order valence-electron chi connectivity index (χ3n) is 4.39. The van der Waals surface area contributed by atoms with E-state index in [0.717, 1.165) is 22.7 Å². The van der Waals surface area contributed by atoms with Gasteiger partial charge in [-0.1, -0.05) is 62.0 Å². The Bertz CT molecular complexity index is 985. The summed E-state index contributed by atoms with van der Waals surface area (Å²) in [5.74, 6) is 2.26. The average Bonchev–Trinajstić information content (AvgIpc) is 3.18. The van der Waals surface area contributed by atoms with E-state index in [1.54, 1.807) is 6.08 Å². The number of allylic oxidation sites excluding steroid dienone is 1. The van der Waals surface area contributed by atoms with Gasteiger partial charge in [0.25, 0.3) is 0 Å². The van der Waals surface area contributed by atoms with Gasteiger partial charge in [0.05, 0.1) is 12.4 Å². The molecule has 0 saturated heterocycles. The number of thioether (sulfide) groups is 1. The second-order valence-corrected chi connectivity index (χ2v) is 8.43. The third-order valence-corrected chi connectivity index (χ3v) is 5.36. The Balaban J connectivity index is 1.63. The van der Waals surface area contributed by atoms with Crippen molar-refractivity contribution < 1.29 is 9.53 Å². The molecule has 2 aromatic carbocycles. The van der Waals surface area contributed by atoms with Crippen molar-refractivity contribution in [3.05, 3.63) is 72.8 Å². The Kier molecular flexibility index (Phi) is 8.29. The summed E-state index contributed by atoms with van der Waals surface area (Å²) >= 11 is 1.37. The van der Waals surface area contributed by atoms with Crippen LogP contribution >= 0.6 is 11.8 Å². The maximum Gasteiger partial charge on any atom is 0.230 e. The maximum atomic E-state index is 12.3. The van der Waals surface area contributed by atoms with Crippen molar-refractivity contribution in [1.29, 1.82) is 0 Å². The highest BCUT2D eigenvalue weighted by molar-refractivity contribution is 7.99. The highest BCUT2D eigenvalue weighted by Gasteiger charge is 2.15. The standard InChI is InChI=1S/C24H28N4O2S/c1-4-14-28-23(20-10-12-21(13-11-20)30-16-18(2)3)26-27-24(28)31-17-22(29)25-15-19-8-6-5-7-9-19/h4-13,18H,1,14-17H2,2-3H3,(H,25,29). The number of carbonyl (C=O) groups is 1. The summed E-state index contributed by atoms with van der Waals surface area (Å²) in [7, 11) is 0. The van der Waals surface area contributed by atoms with Crippen molar-refractivity contribution in [2.45, 2.75) is 32.1 Å². The Morgan fingerprint density at radius 1 is 1.16 bits per heavy atom. The molecule has 1 N–H and O–H groups in total. The van der Waals surface area contributed by atoms with Gasteiger partial charge >= 0.3 is 0 Å². The van der Waals surface area contributed by atoms with E-state index < -0.39 is 0 Å². The number of ether oxygens (including phenoxy) is 1. The molecule has 0 aliphatic carbocycles. The monoisotopic (exact) mass is 436 g/mol. The molecule has 6 nitrogen and oxygen atoms in total. The zero-order chi connectivity index (χ0) is 22.1. The third kappa shape index (κ3) is 6.72. The zero-order valence-corrected chi connectivity index (χ0v) is 18.8. The Hall–Kier alpha value is -3.06. The summed E-state index contributed by atoms with van der Waals surface area (Å²) in [5.41, 5.74) is 2.01. The molecule has 0 atom stereocenters. The van der Waals surface area contributed by atoms with E-state index in [4.69, 9.17) is 4.74 Å². The van der Waals surface area contributed by atoms with Crippen molar-refractivity contribution in [2.75, 3.05) is 12.4 Å². The van der Waals surface area contributed by atoms with E-state index >= 15 is 0 Å². The number of hydrogen-bond donors (Lipinski definition) is 1. The molecular weight excluding hydrogens is 408 g/mol. The largest absolute Gasteiger partial charge is 0.493 e. The van der Waals surface area contributed by atoms with Crippen LogP contribution < -0.4 is 10.1 Å². The summed E-state index contributed by atoms with van der Waals surface area (Å²) < 4.78 is 7.72. The van der Waals surface area contributed by atoms with Gasteiger partial charge in [-0.25, -0.2) is 0 Å². The maximum absolute atomic E-state index is 12.3. The molecule has 0 spiro atoms. The molecule has 162 valence electrons. The van der Waals surface area contributed by atoms with Gasteiger partial charge in [0.15, 0.2) is 11.0 Å². The summed E-state index contributed by atoms with van der Waals surface area (Å²) in [4.78, 5) is 12.3. The number of hydrogen-bond acceptors (Lipinski definition) is 5.